The normalized spacial score (nSPS) is 11.0. The van der Waals surface area contributed by atoms with Gasteiger partial charge in [-0.1, -0.05) is 60.7 Å². The largest absolute Gasteiger partial charge is 0.453 e. The first-order valence-corrected chi connectivity index (χ1v) is 8.90. The Balaban J connectivity index is 2.06. The third kappa shape index (κ3) is 5.40. The fraction of sp³-hybridized carbons (Fsp3) is 0.286. The topological polar surface area (TPSA) is 105 Å². The Morgan fingerprint density at radius 2 is 1.43 bits per heavy atom. The molecule has 2 aromatic carbocycles. The van der Waals surface area contributed by atoms with Crippen molar-refractivity contribution in [2.45, 2.75) is 25.5 Å². The molecule has 7 heteroatoms. The summed E-state index contributed by atoms with van der Waals surface area (Å²) >= 11 is 0. The number of esters is 1. The summed E-state index contributed by atoms with van der Waals surface area (Å²) in [6.45, 7) is 2.76. The molecule has 2 aromatic rings. The number of aliphatic hydroxyl groups is 1. The van der Waals surface area contributed by atoms with Gasteiger partial charge < -0.3 is 20.5 Å². The number of nitrogens with one attached hydrogen (secondary N) is 2. The predicted molar refractivity (Wildman–Crippen MR) is 103 cm³/mol. The quantitative estimate of drug-likeness (QED) is 0.592. The monoisotopic (exact) mass is 384 g/mol. The first-order chi connectivity index (χ1) is 13.3. The Hall–Kier alpha value is -3.19. The second-order valence-corrected chi connectivity index (χ2v) is 6.52. The second-order valence-electron chi connectivity index (χ2n) is 6.52. The Labute approximate surface area is 163 Å². The van der Waals surface area contributed by atoms with Crippen molar-refractivity contribution >= 4 is 17.8 Å². The van der Waals surface area contributed by atoms with Gasteiger partial charge in [-0.05, 0) is 25.0 Å². The maximum atomic E-state index is 12.7. The van der Waals surface area contributed by atoms with E-state index >= 15 is 0 Å². The molecule has 3 N–H and O–H groups in total. The molecule has 0 radical (unpaired) electrons. The zero-order chi connectivity index (χ0) is 20.6. The molecule has 0 saturated carbocycles. The van der Waals surface area contributed by atoms with Gasteiger partial charge in [0.2, 0.25) is 11.5 Å². The van der Waals surface area contributed by atoms with Crippen molar-refractivity contribution in [3.63, 3.8) is 0 Å². The fourth-order valence-corrected chi connectivity index (χ4v) is 2.60. The van der Waals surface area contributed by atoms with Crippen LogP contribution >= 0.6 is 0 Å². The summed E-state index contributed by atoms with van der Waals surface area (Å²) in [4.78, 5) is 36.2. The minimum Gasteiger partial charge on any atom is -0.453 e. The summed E-state index contributed by atoms with van der Waals surface area (Å²) in [5.74, 6) is -1.97. The molecule has 0 fully saturated rings. The lowest BCUT2D eigenvalue weighted by Crippen LogP contribution is -2.43. The van der Waals surface area contributed by atoms with Crippen molar-refractivity contribution in [3.8, 4) is 0 Å². The summed E-state index contributed by atoms with van der Waals surface area (Å²) < 4.78 is 5.06. The zero-order valence-corrected chi connectivity index (χ0v) is 15.8. The molecule has 148 valence electrons. The van der Waals surface area contributed by atoms with Crippen LogP contribution in [0.15, 0.2) is 60.7 Å². The van der Waals surface area contributed by atoms with Gasteiger partial charge in [-0.25, -0.2) is 4.79 Å². The van der Waals surface area contributed by atoms with Gasteiger partial charge in [-0.2, -0.15) is 0 Å². The van der Waals surface area contributed by atoms with Crippen LogP contribution in [0.1, 0.15) is 25.0 Å². The highest BCUT2D eigenvalue weighted by Crippen LogP contribution is 2.30. The molecule has 28 heavy (non-hydrogen) atoms. The minimum atomic E-state index is -2.06. The number of hydrogen-bond acceptors (Lipinski definition) is 5. The minimum absolute atomic E-state index is 0.0472. The Morgan fingerprint density at radius 1 is 0.929 bits per heavy atom. The highest BCUT2D eigenvalue weighted by molar-refractivity contribution is 5.89. The van der Waals surface area contributed by atoms with E-state index in [9.17, 15) is 19.5 Å². The van der Waals surface area contributed by atoms with Crippen LogP contribution in [0.3, 0.4) is 0 Å². The lowest BCUT2D eigenvalue weighted by Gasteiger charge is -2.26. The molecule has 2 amide bonds. The molecular formula is C21H24N2O5. The van der Waals surface area contributed by atoms with Crippen molar-refractivity contribution in [2.75, 3.05) is 13.2 Å². The molecule has 0 heterocycles. The number of ether oxygens (including phenoxy) is 1. The third-order valence-electron chi connectivity index (χ3n) is 3.91. The van der Waals surface area contributed by atoms with E-state index in [0.29, 0.717) is 11.1 Å². The number of rotatable bonds is 8. The van der Waals surface area contributed by atoms with Gasteiger partial charge >= 0.3 is 5.97 Å². The summed E-state index contributed by atoms with van der Waals surface area (Å²) in [6.07, 6.45) is 0. The van der Waals surface area contributed by atoms with Crippen LogP contribution in [0.25, 0.3) is 0 Å². The van der Waals surface area contributed by atoms with Crippen LogP contribution in [-0.2, 0) is 24.7 Å². The van der Waals surface area contributed by atoms with Crippen LogP contribution in [0.4, 0.5) is 0 Å². The maximum Gasteiger partial charge on any atom is 0.348 e. The van der Waals surface area contributed by atoms with Crippen molar-refractivity contribution in [3.05, 3.63) is 71.8 Å². The van der Waals surface area contributed by atoms with E-state index in [-0.39, 0.29) is 18.5 Å². The Kier molecular flexibility index (Phi) is 7.28. The van der Waals surface area contributed by atoms with Crippen molar-refractivity contribution in [1.29, 1.82) is 0 Å². The van der Waals surface area contributed by atoms with Crippen LogP contribution < -0.4 is 10.6 Å². The van der Waals surface area contributed by atoms with Crippen molar-refractivity contribution in [1.82, 2.24) is 10.6 Å². The van der Waals surface area contributed by atoms with Crippen LogP contribution in [0, 0.1) is 0 Å². The first kappa shape index (κ1) is 21.1. The van der Waals surface area contributed by atoms with Crippen LogP contribution in [0.2, 0.25) is 0 Å². The van der Waals surface area contributed by atoms with Gasteiger partial charge in [0.15, 0.2) is 6.61 Å². The maximum absolute atomic E-state index is 12.7. The highest BCUT2D eigenvalue weighted by atomic mass is 16.6. The Morgan fingerprint density at radius 3 is 1.89 bits per heavy atom. The fourth-order valence-electron chi connectivity index (χ4n) is 2.60. The van der Waals surface area contributed by atoms with Gasteiger partial charge in [0.25, 0.3) is 5.91 Å². The SMILES string of the molecule is CC(C)NC(=O)CNC(=O)COC(=O)C(O)(c1ccccc1)c1ccccc1. The van der Waals surface area contributed by atoms with E-state index < -0.39 is 24.1 Å². The molecule has 0 aromatic heterocycles. The molecule has 0 atom stereocenters. The molecule has 0 aliphatic carbocycles. The first-order valence-electron chi connectivity index (χ1n) is 8.90. The molecule has 2 rings (SSSR count). The molecule has 0 aliphatic rings. The van der Waals surface area contributed by atoms with Crippen molar-refractivity contribution < 1.29 is 24.2 Å². The van der Waals surface area contributed by atoms with E-state index in [2.05, 4.69) is 10.6 Å². The summed E-state index contributed by atoms with van der Waals surface area (Å²) in [5.41, 5.74) is -1.41. The van der Waals surface area contributed by atoms with Crippen LogP contribution in [-0.4, -0.2) is 42.1 Å². The lowest BCUT2D eigenvalue weighted by atomic mass is 9.86. The number of carbonyl (C=O) groups is 3. The smallest absolute Gasteiger partial charge is 0.348 e. The average Bonchev–Trinajstić information content (AvgIpc) is 2.70. The van der Waals surface area contributed by atoms with Gasteiger partial charge in [0.1, 0.15) is 0 Å². The average molecular weight is 384 g/mol. The van der Waals surface area contributed by atoms with Gasteiger partial charge in [-0.15, -0.1) is 0 Å². The number of amides is 2. The highest BCUT2D eigenvalue weighted by Gasteiger charge is 2.41. The van der Waals surface area contributed by atoms with Gasteiger partial charge in [-0.3, -0.25) is 9.59 Å². The third-order valence-corrected chi connectivity index (χ3v) is 3.91. The van der Waals surface area contributed by atoms with E-state index in [4.69, 9.17) is 4.74 Å². The molecule has 7 nitrogen and oxygen atoms in total. The van der Waals surface area contributed by atoms with Crippen molar-refractivity contribution in [2.24, 2.45) is 0 Å². The Bertz CT molecular complexity index is 767. The van der Waals surface area contributed by atoms with Crippen LogP contribution in [0.5, 0.6) is 0 Å². The zero-order valence-electron chi connectivity index (χ0n) is 15.8. The lowest BCUT2D eigenvalue weighted by molar-refractivity contribution is -0.164. The summed E-state index contributed by atoms with van der Waals surface area (Å²) in [6, 6.07) is 16.6. The number of carbonyl (C=O) groups excluding carboxylic acids is 3. The van der Waals surface area contributed by atoms with E-state index in [1.54, 1.807) is 74.5 Å². The second kappa shape index (κ2) is 9.66. The molecule has 0 aliphatic heterocycles. The van der Waals surface area contributed by atoms with Gasteiger partial charge in [0.05, 0.1) is 6.54 Å². The van der Waals surface area contributed by atoms with E-state index in [0.717, 1.165) is 0 Å². The molecule has 0 unspecified atom stereocenters. The summed E-state index contributed by atoms with van der Waals surface area (Å²) in [7, 11) is 0. The number of benzene rings is 2. The van der Waals surface area contributed by atoms with Gasteiger partial charge in [0, 0.05) is 6.04 Å². The summed E-state index contributed by atoms with van der Waals surface area (Å²) in [5, 5.41) is 16.2. The number of hydrogen-bond donors (Lipinski definition) is 3. The molecule has 0 saturated heterocycles. The van der Waals surface area contributed by atoms with E-state index in [1.165, 1.54) is 0 Å². The predicted octanol–water partition coefficient (Wildman–Crippen LogP) is 1.11. The van der Waals surface area contributed by atoms with E-state index in [1.807, 2.05) is 0 Å². The molecular weight excluding hydrogens is 360 g/mol. The molecule has 0 spiro atoms. The molecule has 0 bridgehead atoms. The standard InChI is InChI=1S/C21H24N2O5/c1-15(2)23-18(24)13-22-19(25)14-28-20(26)21(27,16-9-5-3-6-10-16)17-11-7-4-8-12-17/h3-12,15,27H,13-14H2,1-2H3,(H,22,25)(H,23,24).